The number of alkyl halides is 2. The Morgan fingerprint density at radius 3 is 1.02 bits per heavy atom. The van der Waals surface area contributed by atoms with E-state index in [0.717, 1.165) is 37.3 Å². The molecule has 0 heterocycles. The summed E-state index contributed by atoms with van der Waals surface area (Å²) in [6, 6.07) is 25.2. The van der Waals surface area contributed by atoms with E-state index < -0.39 is 0 Å². The summed E-state index contributed by atoms with van der Waals surface area (Å²) in [7, 11) is 0. The number of nitrogens with one attached hydrogen (secondary N) is 2. The van der Waals surface area contributed by atoms with Gasteiger partial charge in [-0.25, -0.2) is 0 Å². The van der Waals surface area contributed by atoms with Crippen molar-refractivity contribution in [1.29, 1.82) is 0 Å². The molecular weight excluding hydrogens is 718 g/mol. The summed E-state index contributed by atoms with van der Waals surface area (Å²) in [6.45, 7) is 16.0. The van der Waals surface area contributed by atoms with E-state index >= 15 is 0 Å². The van der Waals surface area contributed by atoms with Gasteiger partial charge in [-0.05, 0) is 72.2 Å². The molecule has 0 saturated heterocycles. The van der Waals surface area contributed by atoms with Crippen LogP contribution in [0.5, 0.6) is 0 Å². The molecule has 3 rings (SSSR count). The van der Waals surface area contributed by atoms with Gasteiger partial charge in [-0.2, -0.15) is 0 Å². The van der Waals surface area contributed by atoms with E-state index in [-0.39, 0.29) is 0 Å². The Hall–Kier alpha value is -2.28. The van der Waals surface area contributed by atoms with Gasteiger partial charge in [0.15, 0.2) is 0 Å². The zero-order valence-corrected chi connectivity index (χ0v) is 32.7. The van der Waals surface area contributed by atoms with Gasteiger partial charge in [0.2, 0.25) is 0 Å². The third kappa shape index (κ3) is 23.9. The molecule has 3 aromatic carbocycles. The molecule has 0 amide bonds. The normalized spacial score (nSPS) is 10.3. The van der Waals surface area contributed by atoms with Crippen LogP contribution in [0.15, 0.2) is 92.5 Å². The molecule has 0 aliphatic heterocycles. The van der Waals surface area contributed by atoms with Crippen molar-refractivity contribution in [3.05, 3.63) is 126 Å². The molecule has 4 N–H and O–H groups in total. The molecule has 0 aromatic heterocycles. The molecule has 0 atom stereocenters. The lowest BCUT2D eigenvalue weighted by Gasteiger charge is -2.07. The van der Waals surface area contributed by atoms with Crippen LogP contribution in [-0.2, 0) is 19.6 Å². The van der Waals surface area contributed by atoms with Crippen LogP contribution in [0.1, 0.15) is 110 Å². The molecule has 48 heavy (non-hydrogen) atoms. The molecule has 0 aliphatic carbocycles. The highest BCUT2D eigenvalue weighted by Gasteiger charge is 1.96. The number of hydrogen-bond acceptors (Lipinski definition) is 3. The number of unbranched alkanes of at least 4 members (excludes halogenated alkanes) is 10. The summed E-state index contributed by atoms with van der Waals surface area (Å²) >= 11 is 6.85. The topological polar surface area (TPSA) is 50.1 Å². The molecule has 0 bridgehead atoms. The number of halogens is 2. The first-order valence-electron chi connectivity index (χ1n) is 18.0. The maximum Gasteiger partial charge on any atom is 0.0205 e. The predicted octanol–water partition coefficient (Wildman–Crippen LogP) is 12.1. The van der Waals surface area contributed by atoms with Crippen LogP contribution in [0, 0.1) is 0 Å². The van der Waals surface area contributed by atoms with E-state index in [2.05, 4.69) is 111 Å². The highest BCUT2D eigenvalue weighted by molar-refractivity contribution is 9.09. The molecule has 0 spiro atoms. The number of nitrogens with two attached hydrogens (primary N) is 1. The van der Waals surface area contributed by atoms with Crippen molar-refractivity contribution in [3.63, 3.8) is 0 Å². The second-order valence-corrected chi connectivity index (χ2v) is 13.6. The van der Waals surface area contributed by atoms with Gasteiger partial charge in [-0.3, -0.25) is 0 Å². The molecule has 0 saturated carbocycles. The van der Waals surface area contributed by atoms with Crippen molar-refractivity contribution < 1.29 is 0 Å². The second-order valence-electron chi connectivity index (χ2n) is 12.0. The Morgan fingerprint density at radius 1 is 0.438 bits per heavy atom. The van der Waals surface area contributed by atoms with Gasteiger partial charge in [0.25, 0.3) is 0 Å². The minimum Gasteiger partial charge on any atom is -0.326 e. The van der Waals surface area contributed by atoms with Crippen molar-refractivity contribution in [2.45, 2.75) is 96.7 Å². The molecule has 0 fully saturated rings. The first-order valence-corrected chi connectivity index (χ1v) is 20.2. The maximum atomic E-state index is 5.42. The quantitative estimate of drug-likeness (QED) is 0.0627. The van der Waals surface area contributed by atoms with E-state index in [1.807, 2.05) is 42.5 Å². The van der Waals surface area contributed by atoms with Crippen molar-refractivity contribution in [2.24, 2.45) is 5.73 Å². The molecule has 0 radical (unpaired) electrons. The molecule has 3 aromatic rings. The molecule has 5 heteroatoms. The Morgan fingerprint density at radius 2 is 0.729 bits per heavy atom. The average molecular weight is 782 g/mol. The summed E-state index contributed by atoms with van der Waals surface area (Å²) in [5, 5.41) is 9.42. The van der Waals surface area contributed by atoms with Crippen molar-refractivity contribution in [3.8, 4) is 0 Å². The minimum atomic E-state index is 0.609. The van der Waals surface area contributed by atoms with Gasteiger partial charge in [-0.15, -0.1) is 0 Å². The van der Waals surface area contributed by atoms with Crippen molar-refractivity contribution in [1.82, 2.24) is 10.6 Å². The SMILES string of the molecule is BrCCCCCCCCBr.C=Cc1ccc(CN)cc1.C=Cc1ccc(CNCCCCCCCCNCc2ccc(C=C)cc2)cc1. The minimum absolute atomic E-state index is 0.609. The van der Waals surface area contributed by atoms with Crippen LogP contribution in [0.2, 0.25) is 0 Å². The van der Waals surface area contributed by atoms with Gasteiger partial charge >= 0.3 is 0 Å². The van der Waals surface area contributed by atoms with Crippen LogP contribution in [0.3, 0.4) is 0 Å². The lowest BCUT2D eigenvalue weighted by atomic mass is 10.1. The fourth-order valence-electron chi connectivity index (χ4n) is 4.90. The molecule has 0 aliphatic rings. The Labute approximate surface area is 311 Å². The number of hydrogen-bond donors (Lipinski definition) is 3. The average Bonchev–Trinajstić information content (AvgIpc) is 3.14. The summed E-state index contributed by atoms with van der Waals surface area (Å²) in [4.78, 5) is 0. The maximum absolute atomic E-state index is 5.42. The highest BCUT2D eigenvalue weighted by Crippen LogP contribution is 2.09. The summed E-state index contributed by atoms with van der Waals surface area (Å²) in [5.41, 5.74) is 12.8. The van der Waals surface area contributed by atoms with E-state index in [0.29, 0.717) is 6.54 Å². The van der Waals surface area contributed by atoms with Gasteiger partial charge in [0.1, 0.15) is 0 Å². The van der Waals surface area contributed by atoms with E-state index in [9.17, 15) is 0 Å². The zero-order valence-electron chi connectivity index (χ0n) is 29.5. The van der Waals surface area contributed by atoms with E-state index in [4.69, 9.17) is 5.73 Å². The van der Waals surface area contributed by atoms with Gasteiger partial charge in [-0.1, -0.05) is 194 Å². The summed E-state index contributed by atoms with van der Waals surface area (Å²) in [5.74, 6) is 0. The highest BCUT2D eigenvalue weighted by atomic mass is 79.9. The lowest BCUT2D eigenvalue weighted by Crippen LogP contribution is -2.15. The zero-order chi connectivity index (χ0) is 34.9. The Bertz CT molecular complexity index is 1100. The second kappa shape index (κ2) is 32.0. The van der Waals surface area contributed by atoms with Gasteiger partial charge in [0.05, 0.1) is 0 Å². The van der Waals surface area contributed by atoms with Crippen molar-refractivity contribution >= 4 is 50.1 Å². The van der Waals surface area contributed by atoms with Crippen LogP contribution < -0.4 is 16.4 Å². The molecule has 3 nitrogen and oxygen atoms in total. The molecular formula is C43H63Br2N3. The van der Waals surface area contributed by atoms with Crippen LogP contribution in [0.4, 0.5) is 0 Å². The van der Waals surface area contributed by atoms with E-state index in [1.165, 1.54) is 110 Å². The van der Waals surface area contributed by atoms with Crippen molar-refractivity contribution in [2.75, 3.05) is 23.7 Å². The first kappa shape index (κ1) is 43.7. The Balaban J connectivity index is 0.000000468. The summed E-state index contributed by atoms with van der Waals surface area (Å²) in [6.07, 6.45) is 21.8. The van der Waals surface area contributed by atoms with Crippen LogP contribution >= 0.6 is 31.9 Å². The third-order valence-electron chi connectivity index (χ3n) is 8.01. The van der Waals surface area contributed by atoms with Crippen LogP contribution in [-0.4, -0.2) is 23.7 Å². The smallest absolute Gasteiger partial charge is 0.0205 e. The fraction of sp³-hybridized carbons (Fsp3) is 0.442. The summed E-state index contributed by atoms with van der Waals surface area (Å²) < 4.78 is 0. The fourth-order valence-corrected chi connectivity index (χ4v) is 5.69. The predicted molar refractivity (Wildman–Crippen MR) is 224 cm³/mol. The Kier molecular flexibility index (Phi) is 29.1. The standard InChI is InChI=1S/C26H36N2.C9H11N.C8H16Br2/c1-3-23-11-15-25(16-12-23)21-27-19-9-7-5-6-8-10-20-28-22-26-17-13-24(4-2)14-18-26;1-2-8-3-5-9(7-10)6-4-8;9-7-5-3-1-2-4-6-8-10/h3-4,11-18,27-28H,1-2,5-10,19-22H2;2-6H,1,7,10H2;1-8H2. The molecule has 0 unspecified atom stereocenters. The number of benzene rings is 3. The largest absolute Gasteiger partial charge is 0.326 e. The van der Waals surface area contributed by atoms with Crippen LogP contribution in [0.25, 0.3) is 18.2 Å². The van der Waals surface area contributed by atoms with Gasteiger partial charge in [0, 0.05) is 30.3 Å². The number of rotatable bonds is 24. The van der Waals surface area contributed by atoms with E-state index in [1.54, 1.807) is 0 Å². The third-order valence-corrected chi connectivity index (χ3v) is 9.14. The monoisotopic (exact) mass is 779 g/mol. The molecule has 264 valence electrons. The lowest BCUT2D eigenvalue weighted by molar-refractivity contribution is 0.549. The van der Waals surface area contributed by atoms with Gasteiger partial charge < -0.3 is 16.4 Å². The first-order chi connectivity index (χ1) is 23.6.